The average molecular weight is 492 g/mol. The van der Waals surface area contributed by atoms with Crippen molar-refractivity contribution in [2.45, 2.75) is 32.4 Å². The molecule has 0 radical (unpaired) electrons. The van der Waals surface area contributed by atoms with Crippen LogP contribution in [0.5, 0.6) is 11.6 Å². The van der Waals surface area contributed by atoms with Gasteiger partial charge in [-0.2, -0.15) is 0 Å². The van der Waals surface area contributed by atoms with E-state index in [0.29, 0.717) is 24.9 Å². The fraction of sp³-hybridized carbons (Fsp3) is 0.333. The third kappa shape index (κ3) is 5.42. The Hall–Kier alpha value is -3.69. The lowest BCUT2D eigenvalue weighted by molar-refractivity contribution is 0.138. The van der Waals surface area contributed by atoms with Crippen molar-refractivity contribution in [3.63, 3.8) is 0 Å². The maximum atomic E-state index is 13.4. The van der Waals surface area contributed by atoms with Gasteiger partial charge in [0.25, 0.3) is 0 Å². The van der Waals surface area contributed by atoms with Gasteiger partial charge in [0.05, 0.1) is 12.1 Å². The van der Waals surface area contributed by atoms with E-state index in [1.54, 1.807) is 12.3 Å². The molecule has 4 aromatic rings. The summed E-state index contributed by atoms with van der Waals surface area (Å²) < 4.78 is 25.3. The predicted molar refractivity (Wildman–Crippen MR) is 136 cm³/mol. The van der Waals surface area contributed by atoms with E-state index >= 15 is 0 Å². The largest absolute Gasteiger partial charge is 0.489 e. The molecule has 5 rings (SSSR count). The third-order valence-electron chi connectivity index (χ3n) is 6.49. The van der Waals surface area contributed by atoms with Gasteiger partial charge in [0.2, 0.25) is 5.88 Å². The van der Waals surface area contributed by atoms with Crippen molar-refractivity contribution in [3.05, 3.63) is 71.7 Å². The zero-order valence-electron chi connectivity index (χ0n) is 20.2. The molecular weight excluding hydrogens is 461 g/mol. The monoisotopic (exact) mass is 491 g/mol. The number of aromatic nitrogens is 3. The van der Waals surface area contributed by atoms with E-state index < -0.39 is 0 Å². The molecule has 2 aromatic heterocycles. The number of aromatic amines is 1. The quantitative estimate of drug-likeness (QED) is 0.299. The first-order valence-electron chi connectivity index (χ1n) is 12.2. The van der Waals surface area contributed by atoms with Gasteiger partial charge in [-0.1, -0.05) is 12.1 Å². The van der Waals surface area contributed by atoms with Gasteiger partial charge in [0.15, 0.2) is 0 Å². The van der Waals surface area contributed by atoms with Gasteiger partial charge in [-0.05, 0) is 73.8 Å². The van der Waals surface area contributed by atoms with Gasteiger partial charge in [0.1, 0.15) is 36.0 Å². The Morgan fingerprint density at radius 3 is 2.94 bits per heavy atom. The molecule has 0 amide bonds. The molecule has 2 aromatic carbocycles. The van der Waals surface area contributed by atoms with Crippen LogP contribution in [0.25, 0.3) is 10.9 Å². The molecule has 3 N–H and O–H groups in total. The number of H-pyrrole nitrogens is 1. The number of aliphatic hydroxyl groups is 1. The Morgan fingerprint density at radius 2 is 2.11 bits per heavy atom. The Kier molecular flexibility index (Phi) is 7.29. The second-order valence-corrected chi connectivity index (χ2v) is 9.00. The first kappa shape index (κ1) is 24.0. The molecule has 0 spiro atoms. The zero-order valence-corrected chi connectivity index (χ0v) is 20.2. The second kappa shape index (κ2) is 10.9. The molecule has 1 aliphatic heterocycles. The van der Waals surface area contributed by atoms with Gasteiger partial charge in [-0.15, -0.1) is 5.10 Å². The molecule has 8 nitrogen and oxygen atoms in total. The number of likely N-dealkylation sites (tertiary alicyclic amines) is 1. The van der Waals surface area contributed by atoms with E-state index in [9.17, 15) is 9.50 Å². The van der Waals surface area contributed by atoms with Crippen LogP contribution < -0.4 is 14.8 Å². The minimum atomic E-state index is -0.276. The van der Waals surface area contributed by atoms with Crippen LogP contribution >= 0.6 is 0 Å². The number of aliphatic hydroxyl groups excluding tert-OH is 1. The Balaban J connectivity index is 1.26. The number of aryl methyl sites for hydroxylation is 1. The van der Waals surface area contributed by atoms with Crippen LogP contribution in [0.1, 0.15) is 24.0 Å². The van der Waals surface area contributed by atoms with E-state index in [1.807, 2.05) is 37.3 Å². The molecule has 188 valence electrons. The standard InChI is InChI=1S/C27H30FN5O3/c1-18-14-21(7-8-24(18)36-17-19-4-2-5-20(28)15-19)30-26-25-23(9-10-29-26)31-32-27(25)35-13-12-33-11-3-6-22(33)16-34/h2,4-5,7-10,14-15,22,34H,3,6,11-13,16-17H2,1H3,(H,29,30)(H,31,32)/t22-/m1/s1. The highest BCUT2D eigenvalue weighted by atomic mass is 19.1. The van der Waals surface area contributed by atoms with Crippen molar-refractivity contribution >= 4 is 22.4 Å². The fourth-order valence-corrected chi connectivity index (χ4v) is 4.61. The number of halogens is 1. The Labute approximate surface area is 209 Å². The van der Waals surface area contributed by atoms with Crippen molar-refractivity contribution in [2.24, 2.45) is 0 Å². The molecular formula is C27H30FN5O3. The Bertz CT molecular complexity index is 1330. The number of fused-ring (bicyclic) bond motifs is 1. The van der Waals surface area contributed by atoms with E-state index in [1.165, 1.54) is 12.1 Å². The summed E-state index contributed by atoms with van der Waals surface area (Å²) in [6, 6.07) is 14.2. The molecule has 0 aliphatic carbocycles. The van der Waals surface area contributed by atoms with Gasteiger partial charge >= 0.3 is 0 Å². The summed E-state index contributed by atoms with van der Waals surface area (Å²) >= 11 is 0. The summed E-state index contributed by atoms with van der Waals surface area (Å²) in [6.07, 6.45) is 3.84. The molecule has 0 saturated carbocycles. The van der Waals surface area contributed by atoms with Crippen molar-refractivity contribution in [1.29, 1.82) is 0 Å². The molecule has 1 saturated heterocycles. The van der Waals surface area contributed by atoms with E-state index in [4.69, 9.17) is 9.47 Å². The van der Waals surface area contributed by atoms with Crippen LogP contribution in [0.15, 0.2) is 54.7 Å². The van der Waals surface area contributed by atoms with E-state index in [2.05, 4.69) is 25.4 Å². The van der Waals surface area contributed by atoms with Gasteiger partial charge < -0.3 is 19.9 Å². The second-order valence-electron chi connectivity index (χ2n) is 9.00. The number of rotatable bonds is 10. The lowest BCUT2D eigenvalue weighted by Gasteiger charge is -2.22. The Morgan fingerprint density at radius 1 is 1.19 bits per heavy atom. The summed E-state index contributed by atoms with van der Waals surface area (Å²) in [7, 11) is 0. The molecule has 1 atom stereocenters. The normalized spacial score (nSPS) is 15.9. The highest BCUT2D eigenvalue weighted by Crippen LogP contribution is 2.32. The summed E-state index contributed by atoms with van der Waals surface area (Å²) in [4.78, 5) is 6.78. The molecule has 0 bridgehead atoms. The number of nitrogens with zero attached hydrogens (tertiary/aromatic N) is 3. The number of hydrogen-bond acceptors (Lipinski definition) is 7. The highest BCUT2D eigenvalue weighted by Gasteiger charge is 2.23. The van der Waals surface area contributed by atoms with Crippen molar-refractivity contribution in [2.75, 3.05) is 31.6 Å². The van der Waals surface area contributed by atoms with E-state index in [0.717, 1.165) is 59.4 Å². The van der Waals surface area contributed by atoms with Gasteiger partial charge in [0, 0.05) is 24.5 Å². The lowest BCUT2D eigenvalue weighted by atomic mass is 10.2. The predicted octanol–water partition coefficient (Wildman–Crippen LogP) is 4.56. The maximum absolute atomic E-state index is 13.4. The maximum Gasteiger partial charge on any atom is 0.244 e. The first-order chi connectivity index (χ1) is 17.6. The van der Waals surface area contributed by atoms with Crippen LogP contribution in [0.2, 0.25) is 0 Å². The van der Waals surface area contributed by atoms with Crippen LogP contribution in [-0.4, -0.2) is 57.5 Å². The van der Waals surface area contributed by atoms with Crippen LogP contribution in [0.4, 0.5) is 15.9 Å². The highest BCUT2D eigenvalue weighted by molar-refractivity contribution is 5.95. The fourth-order valence-electron chi connectivity index (χ4n) is 4.61. The molecule has 1 fully saturated rings. The summed E-state index contributed by atoms with van der Waals surface area (Å²) in [5.74, 6) is 1.58. The first-order valence-corrected chi connectivity index (χ1v) is 12.2. The smallest absolute Gasteiger partial charge is 0.244 e. The van der Waals surface area contributed by atoms with Crippen LogP contribution in [0, 0.1) is 12.7 Å². The molecule has 36 heavy (non-hydrogen) atoms. The number of hydrogen-bond donors (Lipinski definition) is 3. The van der Waals surface area contributed by atoms with Crippen molar-refractivity contribution in [3.8, 4) is 11.6 Å². The van der Waals surface area contributed by atoms with Gasteiger partial charge in [-0.3, -0.25) is 10.00 Å². The minimum absolute atomic E-state index is 0.178. The SMILES string of the molecule is Cc1cc(Nc2nccc3[nH]nc(OCCN4CCC[C@@H]4CO)c23)ccc1OCc1cccc(F)c1. The number of nitrogens with one attached hydrogen (secondary N) is 2. The summed E-state index contributed by atoms with van der Waals surface area (Å²) in [5.41, 5.74) is 3.39. The lowest BCUT2D eigenvalue weighted by Crippen LogP contribution is -2.35. The average Bonchev–Trinajstić information content (AvgIpc) is 3.51. The minimum Gasteiger partial charge on any atom is -0.489 e. The number of pyridine rings is 1. The van der Waals surface area contributed by atoms with Gasteiger partial charge in [-0.25, -0.2) is 9.37 Å². The molecule has 0 unspecified atom stereocenters. The topological polar surface area (TPSA) is 95.5 Å². The van der Waals surface area contributed by atoms with Crippen LogP contribution in [0.3, 0.4) is 0 Å². The van der Waals surface area contributed by atoms with E-state index in [-0.39, 0.29) is 18.5 Å². The molecule has 9 heteroatoms. The van der Waals surface area contributed by atoms with Crippen molar-refractivity contribution < 1.29 is 19.0 Å². The van der Waals surface area contributed by atoms with Crippen LogP contribution in [-0.2, 0) is 6.61 Å². The number of ether oxygens (including phenoxy) is 2. The summed E-state index contributed by atoms with van der Waals surface area (Å²) in [5, 5.41) is 21.0. The zero-order chi connectivity index (χ0) is 24.9. The van der Waals surface area contributed by atoms with Crippen molar-refractivity contribution in [1.82, 2.24) is 20.1 Å². The third-order valence-corrected chi connectivity index (χ3v) is 6.49. The number of benzene rings is 2. The summed E-state index contributed by atoms with van der Waals surface area (Å²) in [6.45, 7) is 4.62. The number of anilines is 2. The molecule has 3 heterocycles. The molecule has 1 aliphatic rings.